The molecule has 1 aliphatic heterocycles. The highest BCUT2D eigenvalue weighted by Crippen LogP contribution is 2.34. The molecule has 0 radical (unpaired) electrons. The third-order valence-corrected chi connectivity index (χ3v) is 11.3. The van der Waals surface area contributed by atoms with Gasteiger partial charge in [0.05, 0.1) is 35.6 Å². The quantitative estimate of drug-likeness (QED) is 0.0774. The van der Waals surface area contributed by atoms with E-state index < -0.39 is 18.5 Å². The summed E-state index contributed by atoms with van der Waals surface area (Å²) >= 11 is 6.87. The van der Waals surface area contributed by atoms with Crippen LogP contribution in [0.2, 0.25) is 0 Å². The van der Waals surface area contributed by atoms with Gasteiger partial charge in [-0.2, -0.15) is 0 Å². The lowest BCUT2D eigenvalue weighted by Crippen LogP contribution is -2.25. The fourth-order valence-corrected chi connectivity index (χ4v) is 7.98. The van der Waals surface area contributed by atoms with Crippen molar-refractivity contribution in [2.75, 3.05) is 37.1 Å². The van der Waals surface area contributed by atoms with Crippen molar-refractivity contribution in [3.05, 3.63) is 105 Å². The maximum Gasteiger partial charge on any atom is 0.272 e. The number of aromatic nitrogens is 10. The second-order valence-electron chi connectivity index (χ2n) is 15.3. The van der Waals surface area contributed by atoms with Crippen LogP contribution in [0.5, 0.6) is 11.5 Å². The predicted molar refractivity (Wildman–Crippen MR) is 245 cm³/mol. The zero-order chi connectivity index (χ0) is 45.8. The Balaban J connectivity index is 0.000000178. The predicted octanol–water partition coefficient (Wildman–Crippen LogP) is 6.01. The molecular weight excluding hydrogens is 972 g/mol. The average molecular weight is 1010 g/mol. The van der Waals surface area contributed by atoms with Crippen molar-refractivity contribution in [3.8, 4) is 34.3 Å². The number of tetrazole rings is 2. The molecule has 22 heteroatoms. The van der Waals surface area contributed by atoms with Crippen LogP contribution in [-0.2, 0) is 23.6 Å². The number of benzene rings is 4. The number of rotatable bonds is 13. The highest BCUT2D eigenvalue weighted by Gasteiger charge is 2.33. The lowest BCUT2D eigenvalue weighted by Gasteiger charge is -2.17. The summed E-state index contributed by atoms with van der Waals surface area (Å²) in [5.74, 6) is 0.848. The fraction of sp³-hybridized carbons (Fsp3) is 0.256. The first-order valence-corrected chi connectivity index (χ1v) is 21.6. The lowest BCUT2D eigenvalue weighted by molar-refractivity contribution is -0.141. The van der Waals surface area contributed by atoms with Gasteiger partial charge in [-0.15, -0.1) is 10.2 Å². The Hall–Kier alpha value is -6.56. The van der Waals surface area contributed by atoms with E-state index in [1.54, 1.807) is 48.0 Å². The van der Waals surface area contributed by atoms with E-state index in [4.69, 9.17) is 24.1 Å². The average Bonchev–Trinajstić information content (AvgIpc) is 4.16. The molecule has 336 valence electrons. The van der Waals surface area contributed by atoms with E-state index in [0.717, 1.165) is 25.2 Å². The number of carbonyl (C=O) groups is 2. The third kappa shape index (κ3) is 10.1. The van der Waals surface area contributed by atoms with Crippen LogP contribution in [0.1, 0.15) is 34.8 Å². The van der Waals surface area contributed by atoms with E-state index in [-0.39, 0.29) is 24.5 Å². The molecule has 0 saturated carbocycles. The van der Waals surface area contributed by atoms with Crippen LogP contribution in [0.4, 0.5) is 11.4 Å². The molecule has 6 N–H and O–H groups in total. The summed E-state index contributed by atoms with van der Waals surface area (Å²) in [6, 6.07) is 25.6. The number of halogens is 2. The van der Waals surface area contributed by atoms with Gasteiger partial charge in [0.15, 0.2) is 17.4 Å². The molecule has 2 amide bonds. The van der Waals surface area contributed by atoms with E-state index >= 15 is 0 Å². The van der Waals surface area contributed by atoms with E-state index in [9.17, 15) is 14.7 Å². The Kier molecular flexibility index (Phi) is 13.3. The van der Waals surface area contributed by atoms with Crippen LogP contribution in [0.15, 0.2) is 93.9 Å². The zero-order valence-electron chi connectivity index (χ0n) is 35.2. The summed E-state index contributed by atoms with van der Waals surface area (Å²) in [7, 11) is 3.60. The van der Waals surface area contributed by atoms with Gasteiger partial charge >= 0.3 is 0 Å². The number of anilines is 2. The number of amides is 2. The number of aryl methyl sites for hydroxylation is 2. The van der Waals surface area contributed by atoms with Crippen molar-refractivity contribution in [2.24, 2.45) is 14.1 Å². The molecule has 9 rings (SSSR count). The number of hydrogen-bond acceptors (Lipinski definition) is 14. The van der Waals surface area contributed by atoms with Gasteiger partial charge in [0, 0.05) is 44.9 Å². The summed E-state index contributed by atoms with van der Waals surface area (Å²) in [6.45, 7) is 4.13. The van der Waals surface area contributed by atoms with Crippen molar-refractivity contribution in [3.63, 3.8) is 0 Å². The fourth-order valence-electron chi connectivity index (χ4n) is 7.26. The zero-order valence-corrected chi connectivity index (χ0v) is 38.4. The first-order valence-electron chi connectivity index (χ1n) is 20.0. The lowest BCUT2D eigenvalue weighted by atomic mass is 10.1. The molecule has 5 heterocycles. The molecule has 65 heavy (non-hydrogen) atoms. The standard InChI is InChI=1S/C23H23BrN6O4.C20H19BrN6O4/c1-23(2)33-12-15(34-23)11-32-19-6-4-5-13-9-18(30(3)20(13)19)22(31)25-17-8-7-14(24)10-16(17)21-26-28-29-27-21;1-27-16(7-11-3-2-4-17(18(11)27)31-10-13(29)9-28)20(30)22-15-6-5-12(21)8-14(15)19-23-25-26-24-19/h4-10,15H,11-12H2,1-3H3,(H,25,31)(H,26,27,28,29);2-8,13,28-29H,9-10H2,1H3,(H,22,30)(H,23,24,25,26)/t15-;13-/m01/s1. The molecule has 0 unspecified atom stereocenters. The van der Waals surface area contributed by atoms with E-state index in [2.05, 4.69) is 83.7 Å². The highest BCUT2D eigenvalue weighted by atomic mass is 79.9. The Labute approximate surface area is 386 Å². The minimum absolute atomic E-state index is 0.0597. The molecule has 4 aromatic carbocycles. The number of carbonyl (C=O) groups excluding carboxylic acids is 2. The molecular formula is C43H42Br2N12O8. The Morgan fingerprint density at radius 2 is 1.31 bits per heavy atom. The van der Waals surface area contributed by atoms with Crippen LogP contribution in [0, 0.1) is 0 Å². The molecule has 1 saturated heterocycles. The second-order valence-corrected chi connectivity index (χ2v) is 17.1. The Morgan fingerprint density at radius 3 is 1.75 bits per heavy atom. The first kappa shape index (κ1) is 45.0. The van der Waals surface area contributed by atoms with Gasteiger partial charge in [0.25, 0.3) is 11.8 Å². The molecule has 1 fully saturated rings. The number of aliphatic hydroxyl groups is 2. The van der Waals surface area contributed by atoms with Gasteiger partial charge in [-0.25, -0.2) is 10.2 Å². The summed E-state index contributed by atoms with van der Waals surface area (Å²) in [6.07, 6.45) is -1.14. The number of aliphatic hydroxyl groups excluding tert-OH is 2. The van der Waals surface area contributed by atoms with Gasteiger partial charge in [0.2, 0.25) is 0 Å². The molecule has 0 spiro atoms. The number of fused-ring (bicyclic) bond motifs is 2. The summed E-state index contributed by atoms with van der Waals surface area (Å²) in [4.78, 5) is 26.4. The normalized spacial score (nSPS) is 14.8. The van der Waals surface area contributed by atoms with Gasteiger partial charge < -0.3 is 48.9 Å². The second kappa shape index (κ2) is 19.3. The maximum atomic E-state index is 13.3. The molecule has 20 nitrogen and oxygen atoms in total. The Morgan fingerprint density at radius 1 is 0.800 bits per heavy atom. The van der Waals surface area contributed by atoms with Crippen molar-refractivity contribution in [2.45, 2.75) is 31.8 Å². The van der Waals surface area contributed by atoms with Crippen LogP contribution >= 0.6 is 31.9 Å². The highest BCUT2D eigenvalue weighted by molar-refractivity contribution is 9.10. The van der Waals surface area contributed by atoms with Crippen molar-refractivity contribution < 1.29 is 38.7 Å². The summed E-state index contributed by atoms with van der Waals surface area (Å²) < 4.78 is 28.4. The SMILES string of the molecule is Cn1c(C(=O)Nc2ccc(Br)cc2-c2nnn[nH]2)cc2cccc(OC[C@H](O)CO)c21.Cn1c(C(=O)Nc2ccc(Br)cc2-c2nnn[nH]2)cc2cccc(OC[C@H]3COC(C)(C)O3)c21. The van der Waals surface area contributed by atoms with E-state index in [0.29, 0.717) is 75.8 Å². The molecule has 2 atom stereocenters. The number of nitrogens with zero attached hydrogens (tertiary/aromatic N) is 8. The van der Waals surface area contributed by atoms with E-state index in [1.165, 1.54) is 0 Å². The number of ether oxygens (including phenoxy) is 4. The van der Waals surface area contributed by atoms with Crippen LogP contribution < -0.4 is 20.1 Å². The minimum Gasteiger partial charge on any atom is -0.489 e. The van der Waals surface area contributed by atoms with Gasteiger partial charge in [-0.3, -0.25) is 9.59 Å². The smallest absolute Gasteiger partial charge is 0.272 e. The summed E-state index contributed by atoms with van der Waals surface area (Å²) in [5.41, 5.74) is 4.84. The van der Waals surface area contributed by atoms with Gasteiger partial charge in [0.1, 0.15) is 48.3 Å². The topological polar surface area (TPSA) is 254 Å². The molecule has 4 aromatic heterocycles. The van der Waals surface area contributed by atoms with Gasteiger partial charge in [-0.05, 0) is 95.4 Å². The largest absolute Gasteiger partial charge is 0.489 e. The molecule has 0 aliphatic carbocycles. The van der Waals surface area contributed by atoms with Crippen LogP contribution in [-0.4, -0.2) is 117 Å². The molecule has 8 aromatic rings. The van der Waals surface area contributed by atoms with Crippen molar-refractivity contribution in [1.29, 1.82) is 0 Å². The van der Waals surface area contributed by atoms with Crippen LogP contribution in [0.3, 0.4) is 0 Å². The monoisotopic (exact) mass is 1010 g/mol. The molecule has 1 aliphatic rings. The number of hydrogen-bond donors (Lipinski definition) is 6. The number of nitrogens with one attached hydrogen (secondary N) is 4. The van der Waals surface area contributed by atoms with Gasteiger partial charge in [-0.1, -0.05) is 56.1 Å². The van der Waals surface area contributed by atoms with Crippen LogP contribution in [0.25, 0.3) is 44.6 Å². The van der Waals surface area contributed by atoms with Crippen molar-refractivity contribution in [1.82, 2.24) is 50.4 Å². The minimum atomic E-state index is -0.986. The van der Waals surface area contributed by atoms with Crippen molar-refractivity contribution >= 4 is 76.9 Å². The summed E-state index contributed by atoms with van der Waals surface area (Å²) in [5, 5.41) is 53.9. The number of para-hydroxylation sites is 2. The Bertz CT molecular complexity index is 2970. The first-order chi connectivity index (χ1) is 31.3. The number of aromatic amines is 2. The maximum absolute atomic E-state index is 13.3. The number of H-pyrrole nitrogens is 2. The third-order valence-electron chi connectivity index (χ3n) is 10.3. The molecule has 0 bridgehead atoms. The van der Waals surface area contributed by atoms with E-state index in [1.807, 2.05) is 74.0 Å².